The van der Waals surface area contributed by atoms with E-state index in [1.165, 1.54) is 0 Å². The Morgan fingerprint density at radius 2 is 2.10 bits per heavy atom. The van der Waals surface area contributed by atoms with Crippen molar-refractivity contribution in [1.82, 2.24) is 4.98 Å². The minimum absolute atomic E-state index is 0.387. The molecule has 7 heteroatoms. The summed E-state index contributed by atoms with van der Waals surface area (Å²) in [4.78, 5) is 3.00. The van der Waals surface area contributed by atoms with E-state index < -0.39 is 24.6 Å². The molecule has 0 bridgehead atoms. The van der Waals surface area contributed by atoms with Crippen molar-refractivity contribution >= 4 is 22.5 Å². The first-order chi connectivity index (χ1) is 9.60. The Hall–Kier alpha value is -1.31. The summed E-state index contributed by atoms with van der Waals surface area (Å²) in [6.07, 6.45) is -2.66. The van der Waals surface area contributed by atoms with Gasteiger partial charge in [0, 0.05) is 16.6 Å². The van der Waals surface area contributed by atoms with Crippen LogP contribution in [-0.2, 0) is 4.74 Å². The summed E-state index contributed by atoms with van der Waals surface area (Å²) in [5.41, 5.74) is 0.791. The number of aliphatic hydroxyl groups is 3. The maximum atomic E-state index is 9.83. The van der Waals surface area contributed by atoms with Gasteiger partial charge in [0.25, 0.3) is 0 Å². The number of ether oxygens (including phenoxy) is 2. The molecule has 4 N–H and O–H groups in total. The average Bonchev–Trinajstić information content (AvgIpc) is 2.95. The van der Waals surface area contributed by atoms with E-state index >= 15 is 0 Å². The number of hydrogen-bond acceptors (Lipinski definition) is 5. The molecular weight excluding hydrogens is 286 g/mol. The van der Waals surface area contributed by atoms with Crippen LogP contribution in [0.4, 0.5) is 0 Å². The fourth-order valence-corrected chi connectivity index (χ4v) is 2.43. The van der Waals surface area contributed by atoms with E-state index in [0.717, 1.165) is 10.9 Å². The van der Waals surface area contributed by atoms with Gasteiger partial charge >= 0.3 is 0 Å². The second-order valence-electron chi connectivity index (χ2n) is 4.67. The predicted molar refractivity (Wildman–Crippen MR) is 71.7 cm³/mol. The van der Waals surface area contributed by atoms with Gasteiger partial charge in [-0.15, -0.1) is 0 Å². The summed E-state index contributed by atoms with van der Waals surface area (Å²) in [7, 11) is 0. The number of fused-ring (bicyclic) bond motifs is 1. The third-order valence-electron chi connectivity index (χ3n) is 3.35. The fraction of sp³-hybridized carbons (Fsp3) is 0.385. The topological polar surface area (TPSA) is 94.9 Å². The maximum Gasteiger partial charge on any atom is 0.229 e. The van der Waals surface area contributed by atoms with Crippen molar-refractivity contribution in [2.24, 2.45) is 0 Å². The molecule has 0 saturated carbocycles. The van der Waals surface area contributed by atoms with E-state index in [2.05, 4.69) is 4.98 Å². The van der Waals surface area contributed by atoms with Crippen molar-refractivity contribution in [2.45, 2.75) is 24.6 Å². The normalized spacial score (nSPS) is 30.0. The van der Waals surface area contributed by atoms with Crippen LogP contribution in [-0.4, -0.2) is 51.5 Å². The molecule has 1 unspecified atom stereocenters. The Morgan fingerprint density at radius 1 is 1.30 bits per heavy atom. The zero-order valence-electron chi connectivity index (χ0n) is 10.4. The summed E-state index contributed by atoms with van der Waals surface area (Å²) < 4.78 is 10.8. The number of rotatable bonds is 3. The highest BCUT2D eigenvalue weighted by atomic mass is 35.5. The van der Waals surface area contributed by atoms with Gasteiger partial charge in [-0.05, 0) is 18.2 Å². The quantitative estimate of drug-likeness (QED) is 0.667. The van der Waals surface area contributed by atoms with Gasteiger partial charge in [0.15, 0.2) is 0 Å². The van der Waals surface area contributed by atoms with Gasteiger partial charge in [0.2, 0.25) is 6.29 Å². The van der Waals surface area contributed by atoms with E-state index in [0.29, 0.717) is 10.8 Å². The van der Waals surface area contributed by atoms with Crippen molar-refractivity contribution in [3.05, 3.63) is 29.4 Å². The Labute approximate surface area is 119 Å². The number of hydrogen-bond donors (Lipinski definition) is 4. The molecule has 1 aliphatic rings. The van der Waals surface area contributed by atoms with Crippen LogP contribution in [0.3, 0.4) is 0 Å². The Bertz CT molecular complexity index is 616. The molecule has 0 radical (unpaired) electrons. The van der Waals surface area contributed by atoms with Gasteiger partial charge in [-0.25, -0.2) is 0 Å². The Balaban J connectivity index is 1.83. The van der Waals surface area contributed by atoms with Crippen LogP contribution in [0.5, 0.6) is 5.75 Å². The first kappa shape index (κ1) is 13.7. The summed E-state index contributed by atoms with van der Waals surface area (Å²) in [6.45, 7) is -0.387. The molecule has 0 amide bonds. The molecule has 4 atom stereocenters. The molecule has 6 nitrogen and oxygen atoms in total. The monoisotopic (exact) mass is 299 g/mol. The second-order valence-corrected chi connectivity index (χ2v) is 5.10. The molecule has 20 heavy (non-hydrogen) atoms. The average molecular weight is 300 g/mol. The van der Waals surface area contributed by atoms with Crippen molar-refractivity contribution in [2.75, 3.05) is 6.61 Å². The van der Waals surface area contributed by atoms with Crippen molar-refractivity contribution < 1.29 is 24.8 Å². The number of aromatic amines is 1. The molecule has 2 heterocycles. The van der Waals surface area contributed by atoms with Gasteiger partial charge in [0.1, 0.15) is 24.1 Å². The third kappa shape index (κ3) is 2.25. The smallest absolute Gasteiger partial charge is 0.229 e. The van der Waals surface area contributed by atoms with E-state index in [-0.39, 0.29) is 6.61 Å². The number of nitrogens with one attached hydrogen (secondary N) is 1. The zero-order valence-corrected chi connectivity index (χ0v) is 11.1. The molecule has 0 aliphatic carbocycles. The molecule has 108 valence electrons. The van der Waals surface area contributed by atoms with E-state index in [9.17, 15) is 10.2 Å². The highest BCUT2D eigenvalue weighted by Gasteiger charge is 2.44. The summed E-state index contributed by atoms with van der Waals surface area (Å²) >= 11 is 5.89. The largest absolute Gasteiger partial charge is 0.460 e. The van der Waals surface area contributed by atoms with E-state index in [1.807, 2.05) is 0 Å². The highest BCUT2D eigenvalue weighted by Crippen LogP contribution is 2.31. The molecule has 1 aliphatic heterocycles. The minimum Gasteiger partial charge on any atom is -0.460 e. The lowest BCUT2D eigenvalue weighted by molar-refractivity contribution is -0.115. The van der Waals surface area contributed by atoms with Crippen LogP contribution < -0.4 is 4.74 Å². The molecule has 2 aromatic rings. The maximum absolute atomic E-state index is 9.83. The van der Waals surface area contributed by atoms with Crippen LogP contribution in [0.1, 0.15) is 0 Å². The lowest BCUT2D eigenvalue weighted by atomic mass is 10.1. The standard InChI is InChI=1S/C13H14ClNO5/c14-6-1-2-7-8(3-6)15-4-9(7)19-13-12(18)11(17)10(5-16)20-13/h1-4,10-13,15-18H,5H2/t10-,11+,12-,13?/m1/s1. The van der Waals surface area contributed by atoms with Crippen LogP contribution in [0.25, 0.3) is 10.9 Å². The van der Waals surface area contributed by atoms with E-state index in [4.69, 9.17) is 26.2 Å². The van der Waals surface area contributed by atoms with Crippen LogP contribution in [0.2, 0.25) is 5.02 Å². The van der Waals surface area contributed by atoms with Crippen molar-refractivity contribution in [3.8, 4) is 5.75 Å². The predicted octanol–water partition coefficient (Wildman–Crippen LogP) is 0.639. The van der Waals surface area contributed by atoms with Gasteiger partial charge < -0.3 is 29.8 Å². The molecular formula is C13H14ClNO5. The Morgan fingerprint density at radius 3 is 2.80 bits per heavy atom. The zero-order chi connectivity index (χ0) is 14.3. The van der Waals surface area contributed by atoms with Crippen LogP contribution >= 0.6 is 11.6 Å². The lowest BCUT2D eigenvalue weighted by Crippen LogP contribution is -2.35. The number of benzene rings is 1. The van der Waals surface area contributed by atoms with Gasteiger partial charge in [0.05, 0.1) is 12.1 Å². The first-order valence-electron chi connectivity index (χ1n) is 6.16. The van der Waals surface area contributed by atoms with Crippen LogP contribution in [0.15, 0.2) is 24.4 Å². The summed E-state index contributed by atoms with van der Waals surface area (Å²) in [6, 6.07) is 5.26. The lowest BCUT2D eigenvalue weighted by Gasteiger charge is -2.16. The molecule has 1 fully saturated rings. The highest BCUT2D eigenvalue weighted by molar-refractivity contribution is 6.31. The van der Waals surface area contributed by atoms with Gasteiger partial charge in [-0.3, -0.25) is 0 Å². The molecule has 3 rings (SSSR count). The number of halogens is 1. The molecule has 1 aromatic carbocycles. The SMILES string of the molecule is OC[C@H]1OC(Oc2c[nH]c3cc(Cl)ccc23)[C@H](O)[C@H]1O. The minimum atomic E-state index is -1.22. The summed E-state index contributed by atoms with van der Waals surface area (Å²) in [5.74, 6) is 0.478. The van der Waals surface area contributed by atoms with Crippen molar-refractivity contribution in [3.63, 3.8) is 0 Å². The van der Waals surface area contributed by atoms with Crippen LogP contribution in [0, 0.1) is 0 Å². The molecule has 1 saturated heterocycles. The molecule has 0 spiro atoms. The molecule has 1 aromatic heterocycles. The number of aromatic nitrogens is 1. The first-order valence-corrected chi connectivity index (χ1v) is 6.53. The number of aliphatic hydroxyl groups excluding tert-OH is 3. The van der Waals surface area contributed by atoms with E-state index in [1.54, 1.807) is 24.4 Å². The van der Waals surface area contributed by atoms with Gasteiger partial charge in [-0.2, -0.15) is 0 Å². The Kier molecular flexibility index (Phi) is 3.57. The third-order valence-corrected chi connectivity index (χ3v) is 3.58. The summed E-state index contributed by atoms with van der Waals surface area (Å²) in [5, 5.41) is 29.9. The second kappa shape index (κ2) is 5.23. The van der Waals surface area contributed by atoms with Gasteiger partial charge in [-0.1, -0.05) is 11.6 Å². The van der Waals surface area contributed by atoms with Crippen molar-refractivity contribution in [1.29, 1.82) is 0 Å². The fourth-order valence-electron chi connectivity index (χ4n) is 2.26. The number of H-pyrrole nitrogens is 1.